The van der Waals surface area contributed by atoms with Gasteiger partial charge in [0.25, 0.3) is 10.0 Å². The molecular weight excluding hydrogens is 242 g/mol. The van der Waals surface area contributed by atoms with Gasteiger partial charge in [0, 0.05) is 13.2 Å². The number of hydrogen-bond acceptors (Lipinski definition) is 4. The molecule has 17 heavy (non-hydrogen) atoms. The summed E-state index contributed by atoms with van der Waals surface area (Å²) in [6, 6.07) is 0. The van der Waals surface area contributed by atoms with E-state index in [0.29, 0.717) is 17.1 Å². The highest BCUT2D eigenvalue weighted by molar-refractivity contribution is 7.92. The average molecular weight is 255 g/mol. The van der Waals surface area contributed by atoms with Gasteiger partial charge < -0.3 is 0 Å². The minimum Gasteiger partial charge on any atom is -0.284 e. The Morgan fingerprint density at radius 1 is 1.41 bits per heavy atom. The number of hydrogen-bond donors (Lipinski definition) is 2. The topological polar surface area (TPSA) is 92.7 Å². The van der Waals surface area contributed by atoms with Gasteiger partial charge in [0.05, 0.1) is 23.3 Å². The highest BCUT2D eigenvalue weighted by atomic mass is 32.2. The highest BCUT2D eigenvalue weighted by Gasteiger charge is 2.23. The number of aromatic nitrogens is 4. The van der Waals surface area contributed by atoms with E-state index in [9.17, 15) is 8.42 Å². The van der Waals surface area contributed by atoms with Crippen molar-refractivity contribution in [2.45, 2.75) is 18.7 Å². The summed E-state index contributed by atoms with van der Waals surface area (Å²) in [5.41, 5.74) is 1.46. The Labute approximate surface area is 98.9 Å². The van der Waals surface area contributed by atoms with Gasteiger partial charge in [0.1, 0.15) is 4.90 Å². The maximum Gasteiger partial charge on any atom is 0.265 e. The highest BCUT2D eigenvalue weighted by Crippen LogP contribution is 2.21. The lowest BCUT2D eigenvalue weighted by molar-refractivity contribution is 0.599. The van der Waals surface area contributed by atoms with Gasteiger partial charge >= 0.3 is 0 Å². The molecule has 2 heterocycles. The molecule has 0 aliphatic carbocycles. The number of aromatic amines is 1. The molecule has 0 saturated carbocycles. The SMILES string of the molecule is Cc1nn(C)c(C)c1S(=O)(=O)Nc1cn[nH]c1. The molecular formula is C9H13N5O2S. The fourth-order valence-corrected chi connectivity index (χ4v) is 3.13. The molecule has 0 spiro atoms. The third kappa shape index (κ3) is 2.03. The largest absolute Gasteiger partial charge is 0.284 e. The maximum atomic E-state index is 12.1. The fraction of sp³-hybridized carbons (Fsp3) is 0.333. The molecule has 0 bridgehead atoms. The fourth-order valence-electron chi connectivity index (χ4n) is 1.66. The van der Waals surface area contributed by atoms with Crippen LogP contribution in [0.15, 0.2) is 17.3 Å². The number of nitrogens with one attached hydrogen (secondary N) is 2. The first-order chi connectivity index (χ1) is 7.92. The Bertz CT molecular complexity index is 627. The first kappa shape index (κ1) is 11.6. The number of nitrogens with zero attached hydrogens (tertiary/aromatic N) is 3. The van der Waals surface area contributed by atoms with Crippen LogP contribution in [-0.2, 0) is 17.1 Å². The van der Waals surface area contributed by atoms with Crippen molar-refractivity contribution in [2.75, 3.05) is 4.72 Å². The maximum absolute atomic E-state index is 12.1. The number of anilines is 1. The second-order valence-corrected chi connectivity index (χ2v) is 5.34. The quantitative estimate of drug-likeness (QED) is 0.838. The van der Waals surface area contributed by atoms with Crippen LogP contribution in [0.3, 0.4) is 0 Å². The second kappa shape index (κ2) is 3.88. The Morgan fingerprint density at radius 2 is 2.12 bits per heavy atom. The van der Waals surface area contributed by atoms with Crippen molar-refractivity contribution in [1.29, 1.82) is 0 Å². The Kier molecular flexibility index (Phi) is 2.66. The molecule has 0 saturated heterocycles. The smallest absolute Gasteiger partial charge is 0.265 e. The Hall–Kier alpha value is -1.83. The van der Waals surface area contributed by atoms with E-state index in [1.807, 2.05) is 0 Å². The van der Waals surface area contributed by atoms with Crippen LogP contribution in [0.4, 0.5) is 5.69 Å². The molecule has 0 fully saturated rings. The first-order valence-corrected chi connectivity index (χ1v) is 6.42. The summed E-state index contributed by atoms with van der Waals surface area (Å²) in [5, 5.41) is 10.3. The molecule has 2 aromatic heterocycles. The van der Waals surface area contributed by atoms with E-state index in [-0.39, 0.29) is 4.90 Å². The molecule has 0 aliphatic rings. The lowest BCUT2D eigenvalue weighted by atomic mass is 10.4. The standard InChI is InChI=1S/C9H13N5O2S/c1-6-9(7(2)14(3)12-6)17(15,16)13-8-4-10-11-5-8/h4-5,13H,1-3H3,(H,10,11). The summed E-state index contributed by atoms with van der Waals surface area (Å²) < 4.78 is 28.3. The summed E-state index contributed by atoms with van der Waals surface area (Å²) in [5.74, 6) is 0. The molecule has 0 amide bonds. The van der Waals surface area contributed by atoms with Crippen LogP contribution in [0.5, 0.6) is 0 Å². The molecule has 0 atom stereocenters. The third-order valence-electron chi connectivity index (χ3n) is 2.46. The van der Waals surface area contributed by atoms with Gasteiger partial charge in [-0.1, -0.05) is 0 Å². The zero-order chi connectivity index (χ0) is 12.6. The molecule has 92 valence electrons. The number of H-pyrrole nitrogens is 1. The van der Waals surface area contributed by atoms with Gasteiger partial charge in [0.2, 0.25) is 0 Å². The van der Waals surface area contributed by atoms with Crippen LogP contribution in [0.2, 0.25) is 0 Å². The number of rotatable bonds is 3. The van der Waals surface area contributed by atoms with Crippen molar-refractivity contribution < 1.29 is 8.42 Å². The van der Waals surface area contributed by atoms with Gasteiger partial charge in [-0.3, -0.25) is 14.5 Å². The van der Waals surface area contributed by atoms with Crippen molar-refractivity contribution in [3.8, 4) is 0 Å². The normalized spacial score (nSPS) is 11.7. The Morgan fingerprint density at radius 3 is 2.59 bits per heavy atom. The minimum absolute atomic E-state index is 0.209. The summed E-state index contributed by atoms with van der Waals surface area (Å²) >= 11 is 0. The van der Waals surface area contributed by atoms with E-state index in [4.69, 9.17) is 0 Å². The summed E-state index contributed by atoms with van der Waals surface area (Å²) in [4.78, 5) is 0.209. The van der Waals surface area contributed by atoms with E-state index in [1.165, 1.54) is 12.4 Å². The van der Waals surface area contributed by atoms with E-state index >= 15 is 0 Å². The van der Waals surface area contributed by atoms with Gasteiger partial charge in [-0.15, -0.1) is 0 Å². The summed E-state index contributed by atoms with van der Waals surface area (Å²) in [6.45, 7) is 3.38. The summed E-state index contributed by atoms with van der Waals surface area (Å²) in [7, 11) is -1.91. The predicted octanol–water partition coefficient (Wildman–Crippen LogP) is 0.561. The Balaban J connectivity index is 2.45. The molecule has 7 nitrogen and oxygen atoms in total. The van der Waals surface area contributed by atoms with Gasteiger partial charge in [-0.25, -0.2) is 8.42 Å². The lowest BCUT2D eigenvalue weighted by Crippen LogP contribution is -2.14. The molecule has 2 N–H and O–H groups in total. The zero-order valence-electron chi connectivity index (χ0n) is 9.72. The average Bonchev–Trinajstić information content (AvgIpc) is 2.76. The van der Waals surface area contributed by atoms with E-state index < -0.39 is 10.0 Å². The van der Waals surface area contributed by atoms with Crippen LogP contribution in [0, 0.1) is 13.8 Å². The molecule has 0 unspecified atom stereocenters. The van der Waals surface area contributed by atoms with Crippen LogP contribution >= 0.6 is 0 Å². The molecule has 8 heteroatoms. The van der Waals surface area contributed by atoms with Gasteiger partial charge in [0.15, 0.2) is 0 Å². The van der Waals surface area contributed by atoms with Crippen LogP contribution < -0.4 is 4.72 Å². The molecule has 2 rings (SSSR count). The lowest BCUT2D eigenvalue weighted by Gasteiger charge is -2.05. The summed E-state index contributed by atoms with van der Waals surface area (Å²) in [6.07, 6.45) is 2.87. The van der Waals surface area contributed by atoms with Crippen LogP contribution in [0.1, 0.15) is 11.4 Å². The van der Waals surface area contributed by atoms with Crippen molar-refractivity contribution in [2.24, 2.45) is 7.05 Å². The van der Waals surface area contributed by atoms with E-state index in [0.717, 1.165) is 0 Å². The van der Waals surface area contributed by atoms with Crippen LogP contribution in [0.25, 0.3) is 0 Å². The van der Waals surface area contributed by atoms with E-state index in [2.05, 4.69) is 20.0 Å². The van der Waals surface area contributed by atoms with Crippen molar-refractivity contribution in [3.63, 3.8) is 0 Å². The number of aryl methyl sites for hydroxylation is 2. The second-order valence-electron chi connectivity index (χ2n) is 3.72. The van der Waals surface area contributed by atoms with Gasteiger partial charge in [-0.05, 0) is 13.8 Å². The predicted molar refractivity (Wildman–Crippen MR) is 62.1 cm³/mol. The van der Waals surface area contributed by atoms with Gasteiger partial charge in [-0.2, -0.15) is 10.2 Å². The molecule has 0 radical (unpaired) electrons. The molecule has 2 aromatic rings. The zero-order valence-corrected chi connectivity index (χ0v) is 10.5. The van der Waals surface area contributed by atoms with Crippen molar-refractivity contribution in [1.82, 2.24) is 20.0 Å². The van der Waals surface area contributed by atoms with Crippen molar-refractivity contribution in [3.05, 3.63) is 23.8 Å². The minimum atomic E-state index is -3.62. The monoisotopic (exact) mass is 255 g/mol. The third-order valence-corrected chi connectivity index (χ3v) is 4.09. The van der Waals surface area contributed by atoms with Crippen LogP contribution in [-0.4, -0.2) is 28.4 Å². The molecule has 0 aliphatic heterocycles. The van der Waals surface area contributed by atoms with Crippen molar-refractivity contribution >= 4 is 15.7 Å². The first-order valence-electron chi connectivity index (χ1n) is 4.93. The van der Waals surface area contributed by atoms with E-state index in [1.54, 1.807) is 25.6 Å². The molecule has 0 aromatic carbocycles. The number of sulfonamides is 1.